The molecule has 1 aliphatic rings. The summed E-state index contributed by atoms with van der Waals surface area (Å²) in [6.07, 6.45) is -3.38. The molecule has 0 saturated carbocycles. The maximum Gasteiger partial charge on any atom is 0.410 e. The van der Waals surface area contributed by atoms with E-state index < -0.39 is 24.2 Å². The molecule has 0 bridgehead atoms. The quantitative estimate of drug-likeness (QED) is 0.599. The van der Waals surface area contributed by atoms with Crippen molar-refractivity contribution in [2.24, 2.45) is 0 Å². The Morgan fingerprint density at radius 1 is 1.33 bits per heavy atom. The molecular formula is C20H18ClF3N4O2. The second kappa shape index (κ2) is 7.71. The van der Waals surface area contributed by atoms with Gasteiger partial charge in [0.1, 0.15) is 16.6 Å². The fourth-order valence-electron chi connectivity index (χ4n) is 3.42. The average molecular weight is 439 g/mol. The van der Waals surface area contributed by atoms with Crippen molar-refractivity contribution in [2.75, 3.05) is 5.32 Å². The Bertz CT molecular complexity index is 1050. The Balaban J connectivity index is 1.65. The Labute approximate surface area is 175 Å². The lowest BCUT2D eigenvalue weighted by Gasteiger charge is -2.33. The minimum atomic E-state index is -4.56. The number of anilines is 1. The smallest absolute Gasteiger partial charge is 0.410 e. The van der Waals surface area contributed by atoms with Crippen LogP contribution >= 0.6 is 11.6 Å². The number of hydrogen-bond donors (Lipinski definition) is 2. The van der Waals surface area contributed by atoms with Crippen molar-refractivity contribution in [2.45, 2.75) is 38.1 Å². The van der Waals surface area contributed by atoms with E-state index in [1.807, 2.05) is 19.1 Å². The summed E-state index contributed by atoms with van der Waals surface area (Å²) in [5, 5.41) is 9.32. The number of carbonyl (C=O) groups excluding carboxylic acids is 1. The number of nitrogens with one attached hydrogen (secondary N) is 2. The molecule has 1 aliphatic heterocycles. The number of rotatable bonds is 4. The Morgan fingerprint density at radius 3 is 2.70 bits per heavy atom. The molecule has 3 heterocycles. The van der Waals surface area contributed by atoms with E-state index in [4.69, 9.17) is 16.0 Å². The molecule has 0 aliphatic carbocycles. The van der Waals surface area contributed by atoms with E-state index in [1.165, 1.54) is 6.26 Å². The number of aromatic nitrogens is 2. The third-order valence-corrected chi connectivity index (χ3v) is 5.35. The SMILES string of the molecule is Cc1ccc([C@@H]2C[C@@H](C(F)(F)F)n3nc(C(=O)NCc4ccco4)c(Cl)c3N2)cc1. The van der Waals surface area contributed by atoms with Gasteiger partial charge in [-0.3, -0.25) is 4.79 Å². The van der Waals surface area contributed by atoms with Gasteiger partial charge in [0.05, 0.1) is 18.8 Å². The maximum absolute atomic E-state index is 13.8. The summed E-state index contributed by atoms with van der Waals surface area (Å²) in [6, 6.07) is 8.00. The fourth-order valence-corrected chi connectivity index (χ4v) is 3.68. The summed E-state index contributed by atoms with van der Waals surface area (Å²) in [4.78, 5) is 12.5. The van der Waals surface area contributed by atoms with E-state index in [0.29, 0.717) is 11.3 Å². The first-order chi connectivity index (χ1) is 14.2. The number of aryl methyl sites for hydroxylation is 1. The molecular weight excluding hydrogens is 421 g/mol. The summed E-state index contributed by atoms with van der Waals surface area (Å²) in [5.74, 6) is -0.221. The zero-order valence-electron chi connectivity index (χ0n) is 15.8. The number of alkyl halides is 3. The van der Waals surface area contributed by atoms with Gasteiger partial charge in [-0.25, -0.2) is 4.68 Å². The van der Waals surface area contributed by atoms with E-state index in [0.717, 1.165) is 10.2 Å². The second-order valence-corrected chi connectivity index (χ2v) is 7.50. The number of halogens is 4. The van der Waals surface area contributed by atoms with E-state index in [-0.39, 0.29) is 29.5 Å². The molecule has 3 aromatic rings. The van der Waals surface area contributed by atoms with Crippen molar-refractivity contribution in [1.82, 2.24) is 15.1 Å². The molecule has 0 saturated heterocycles. The van der Waals surface area contributed by atoms with Crippen LogP contribution in [0.1, 0.15) is 45.9 Å². The topological polar surface area (TPSA) is 72.1 Å². The van der Waals surface area contributed by atoms with E-state index in [9.17, 15) is 18.0 Å². The Morgan fingerprint density at radius 2 is 2.07 bits per heavy atom. The molecule has 6 nitrogen and oxygen atoms in total. The molecule has 0 fully saturated rings. The van der Waals surface area contributed by atoms with Gasteiger partial charge in [0.15, 0.2) is 11.7 Å². The van der Waals surface area contributed by atoms with E-state index >= 15 is 0 Å². The summed E-state index contributed by atoms with van der Waals surface area (Å²) in [7, 11) is 0. The zero-order valence-corrected chi connectivity index (χ0v) is 16.6. The normalized spacial score (nSPS) is 18.6. The van der Waals surface area contributed by atoms with Gasteiger partial charge in [-0.05, 0) is 24.6 Å². The highest BCUT2D eigenvalue weighted by atomic mass is 35.5. The lowest BCUT2D eigenvalue weighted by molar-refractivity contribution is -0.173. The number of fused-ring (bicyclic) bond motifs is 1. The highest BCUT2D eigenvalue weighted by Gasteiger charge is 2.47. The van der Waals surface area contributed by atoms with Crippen LogP contribution in [-0.2, 0) is 6.54 Å². The van der Waals surface area contributed by atoms with Crippen LogP contribution in [-0.4, -0.2) is 21.9 Å². The first kappa shape index (κ1) is 20.3. The predicted molar refractivity (Wildman–Crippen MR) is 104 cm³/mol. The van der Waals surface area contributed by atoms with Crippen LogP contribution in [0.15, 0.2) is 47.1 Å². The molecule has 0 radical (unpaired) electrons. The zero-order chi connectivity index (χ0) is 21.5. The Hall–Kier alpha value is -2.94. The predicted octanol–water partition coefficient (Wildman–Crippen LogP) is 5.03. The van der Waals surface area contributed by atoms with Crippen molar-refractivity contribution < 1.29 is 22.4 Å². The van der Waals surface area contributed by atoms with Gasteiger partial charge in [0.25, 0.3) is 5.91 Å². The van der Waals surface area contributed by atoms with Crippen LogP contribution in [0, 0.1) is 6.92 Å². The number of carbonyl (C=O) groups is 1. The summed E-state index contributed by atoms with van der Waals surface area (Å²) < 4.78 is 47.3. The van der Waals surface area contributed by atoms with Crippen LogP contribution in [0.25, 0.3) is 0 Å². The molecule has 2 N–H and O–H groups in total. The van der Waals surface area contributed by atoms with Crippen LogP contribution in [0.5, 0.6) is 0 Å². The van der Waals surface area contributed by atoms with Crippen molar-refractivity contribution in [3.63, 3.8) is 0 Å². The highest BCUT2D eigenvalue weighted by Crippen LogP contribution is 2.46. The first-order valence-corrected chi connectivity index (χ1v) is 9.60. The van der Waals surface area contributed by atoms with Crippen molar-refractivity contribution in [3.8, 4) is 0 Å². The second-order valence-electron chi connectivity index (χ2n) is 7.12. The third kappa shape index (κ3) is 3.89. The summed E-state index contributed by atoms with van der Waals surface area (Å²) in [6.45, 7) is 1.96. The van der Waals surface area contributed by atoms with Gasteiger partial charge < -0.3 is 15.1 Å². The number of nitrogens with zero attached hydrogens (tertiary/aromatic N) is 2. The number of furan rings is 1. The first-order valence-electron chi connectivity index (χ1n) is 9.22. The largest absolute Gasteiger partial charge is 0.467 e. The monoisotopic (exact) mass is 438 g/mol. The molecule has 158 valence electrons. The standard InChI is InChI=1S/C20H18ClF3N4O2/c1-11-4-6-12(7-5-11)14-9-15(20(22,23)24)28-18(26-14)16(21)17(27-28)19(29)25-10-13-3-2-8-30-13/h2-8,14-15,26H,9-10H2,1H3,(H,25,29)/t14-,15-/m0/s1. The maximum atomic E-state index is 13.8. The fraction of sp³-hybridized carbons (Fsp3) is 0.300. The molecule has 0 unspecified atom stereocenters. The van der Waals surface area contributed by atoms with Gasteiger partial charge >= 0.3 is 6.18 Å². The molecule has 30 heavy (non-hydrogen) atoms. The van der Waals surface area contributed by atoms with Crippen molar-refractivity contribution >= 4 is 23.3 Å². The van der Waals surface area contributed by atoms with Crippen LogP contribution < -0.4 is 10.6 Å². The molecule has 1 amide bonds. The van der Waals surface area contributed by atoms with Crippen LogP contribution in [0.4, 0.5) is 19.0 Å². The highest BCUT2D eigenvalue weighted by molar-refractivity contribution is 6.36. The minimum Gasteiger partial charge on any atom is -0.467 e. The lowest BCUT2D eigenvalue weighted by atomic mass is 9.96. The molecule has 10 heteroatoms. The molecule has 4 rings (SSSR count). The molecule has 1 aromatic carbocycles. The van der Waals surface area contributed by atoms with Gasteiger partial charge in [-0.2, -0.15) is 18.3 Å². The summed E-state index contributed by atoms with van der Waals surface area (Å²) >= 11 is 6.29. The number of hydrogen-bond acceptors (Lipinski definition) is 4. The van der Waals surface area contributed by atoms with Crippen molar-refractivity contribution in [3.05, 3.63) is 70.3 Å². The third-order valence-electron chi connectivity index (χ3n) is 4.99. The minimum absolute atomic E-state index is 0.0287. The van der Waals surface area contributed by atoms with Crippen LogP contribution in [0.3, 0.4) is 0 Å². The van der Waals surface area contributed by atoms with Gasteiger partial charge in [-0.1, -0.05) is 41.4 Å². The number of amides is 1. The van der Waals surface area contributed by atoms with Gasteiger partial charge in [0.2, 0.25) is 0 Å². The van der Waals surface area contributed by atoms with E-state index in [2.05, 4.69) is 15.7 Å². The summed E-state index contributed by atoms with van der Waals surface area (Å²) in [5.41, 5.74) is 1.42. The Kier molecular flexibility index (Phi) is 5.23. The van der Waals surface area contributed by atoms with Crippen LogP contribution in [0.2, 0.25) is 5.02 Å². The molecule has 0 spiro atoms. The number of benzene rings is 1. The van der Waals surface area contributed by atoms with Gasteiger partial charge in [-0.15, -0.1) is 0 Å². The van der Waals surface area contributed by atoms with Gasteiger partial charge in [0, 0.05) is 6.42 Å². The van der Waals surface area contributed by atoms with E-state index in [1.54, 1.807) is 24.3 Å². The molecule has 2 atom stereocenters. The molecule has 2 aromatic heterocycles. The average Bonchev–Trinajstić information content (AvgIpc) is 3.33. The van der Waals surface area contributed by atoms with Crippen molar-refractivity contribution in [1.29, 1.82) is 0 Å². The lowest BCUT2D eigenvalue weighted by Crippen LogP contribution is -2.35.